The molecule has 6 heteroatoms. The molecule has 0 amide bonds. The van der Waals surface area contributed by atoms with Crippen LogP contribution < -0.4 is 0 Å². The molecule has 0 saturated heterocycles. The summed E-state index contributed by atoms with van der Waals surface area (Å²) < 4.78 is 7.04. The monoisotopic (exact) mass is 880 g/mol. The molecule has 0 N–H and O–H groups in total. The van der Waals surface area contributed by atoms with Gasteiger partial charge in [0.05, 0.1) is 33.1 Å². The first-order valence-electron chi connectivity index (χ1n) is 23.4. The Labute approximate surface area is 397 Å². The quantitative estimate of drug-likeness (QED) is 0.160. The lowest BCUT2D eigenvalue weighted by atomic mass is 9.94. The van der Waals surface area contributed by atoms with Gasteiger partial charge >= 0.3 is 0 Å². The van der Waals surface area contributed by atoms with Crippen LogP contribution in [0.5, 0.6) is 0 Å². The molecule has 0 radical (unpaired) electrons. The van der Waals surface area contributed by atoms with E-state index in [-0.39, 0.29) is 0 Å². The topological polar surface area (TPSA) is 53.5 Å². The van der Waals surface area contributed by atoms with Gasteiger partial charge in [0, 0.05) is 54.8 Å². The van der Waals surface area contributed by atoms with Crippen LogP contribution in [-0.2, 0) is 0 Å². The number of hydrogen-bond acceptors (Lipinski definition) is 3. The zero-order chi connectivity index (χ0) is 45.4. The van der Waals surface area contributed by atoms with Crippen molar-refractivity contribution in [2.45, 2.75) is 0 Å². The minimum atomic E-state index is 0.547. The van der Waals surface area contributed by atoms with Crippen molar-refractivity contribution in [3.8, 4) is 62.4 Å². The number of benzene rings is 10. The van der Waals surface area contributed by atoms with Gasteiger partial charge in [0.15, 0.2) is 11.6 Å². The molecule has 0 atom stereocenters. The normalized spacial score (nSPS) is 11.8. The Hall–Kier alpha value is -9.39. The van der Waals surface area contributed by atoms with Gasteiger partial charge < -0.3 is 9.13 Å². The summed E-state index contributed by atoms with van der Waals surface area (Å²) >= 11 is 0. The van der Waals surface area contributed by atoms with Crippen LogP contribution in [0.3, 0.4) is 0 Å². The van der Waals surface area contributed by atoms with Crippen molar-refractivity contribution in [1.82, 2.24) is 28.7 Å². The number of rotatable bonds is 7. The van der Waals surface area contributed by atoms with E-state index in [0.29, 0.717) is 17.6 Å². The SMILES string of the molecule is c1ccc(-c2nc(-c3cccc4c3c3ccccc3n4-c3ccccc3)nc(-n3c4ccccc4c4ccc5c6ccccc6n(-c6ccc(-c7ccccc7-c7ccccc7)cc6)c5c43)n2)cc1. The van der Waals surface area contributed by atoms with Crippen molar-refractivity contribution in [3.63, 3.8) is 0 Å². The maximum atomic E-state index is 5.57. The van der Waals surface area contributed by atoms with Gasteiger partial charge in [-0.15, -0.1) is 0 Å². The summed E-state index contributed by atoms with van der Waals surface area (Å²) in [5.74, 6) is 1.75. The van der Waals surface area contributed by atoms with Crippen LogP contribution in [0.15, 0.2) is 243 Å². The van der Waals surface area contributed by atoms with Crippen molar-refractivity contribution in [2.75, 3.05) is 0 Å². The Balaban J connectivity index is 1.05. The second kappa shape index (κ2) is 15.6. The molecule has 0 aliphatic carbocycles. The van der Waals surface area contributed by atoms with Gasteiger partial charge in [0.25, 0.3) is 0 Å². The van der Waals surface area contributed by atoms with Crippen LogP contribution in [0.25, 0.3) is 128 Å². The predicted octanol–water partition coefficient (Wildman–Crippen LogP) is 15.8. The first kappa shape index (κ1) is 38.8. The van der Waals surface area contributed by atoms with Crippen molar-refractivity contribution < 1.29 is 0 Å². The molecular formula is C63H40N6. The third-order valence-electron chi connectivity index (χ3n) is 13.7. The molecule has 322 valence electrons. The van der Waals surface area contributed by atoms with Crippen molar-refractivity contribution in [3.05, 3.63) is 243 Å². The van der Waals surface area contributed by atoms with E-state index >= 15 is 0 Å². The van der Waals surface area contributed by atoms with Crippen LogP contribution in [0.1, 0.15) is 0 Å². The van der Waals surface area contributed by atoms with E-state index in [4.69, 9.17) is 15.0 Å². The lowest BCUT2D eigenvalue weighted by molar-refractivity contribution is 0.954. The number of fused-ring (bicyclic) bond motifs is 10. The van der Waals surface area contributed by atoms with Crippen LogP contribution in [0.4, 0.5) is 0 Å². The first-order chi connectivity index (χ1) is 34.3. The van der Waals surface area contributed by atoms with Crippen molar-refractivity contribution >= 4 is 65.4 Å². The Kier molecular flexibility index (Phi) is 8.79. The van der Waals surface area contributed by atoms with E-state index < -0.39 is 0 Å². The van der Waals surface area contributed by atoms with E-state index in [1.807, 2.05) is 18.2 Å². The third kappa shape index (κ3) is 6.09. The van der Waals surface area contributed by atoms with E-state index in [1.54, 1.807) is 0 Å². The summed E-state index contributed by atoms with van der Waals surface area (Å²) in [4.78, 5) is 16.4. The van der Waals surface area contributed by atoms with Crippen molar-refractivity contribution in [1.29, 1.82) is 0 Å². The average molecular weight is 881 g/mol. The highest BCUT2D eigenvalue weighted by atomic mass is 15.2. The van der Waals surface area contributed by atoms with Crippen LogP contribution in [0, 0.1) is 0 Å². The molecule has 0 bridgehead atoms. The Morgan fingerprint density at radius 1 is 0.246 bits per heavy atom. The smallest absolute Gasteiger partial charge is 0.238 e. The molecule has 14 rings (SSSR count). The second-order valence-electron chi connectivity index (χ2n) is 17.6. The first-order valence-corrected chi connectivity index (χ1v) is 23.4. The molecule has 0 aliphatic heterocycles. The minimum absolute atomic E-state index is 0.547. The fraction of sp³-hybridized carbons (Fsp3) is 0. The molecule has 69 heavy (non-hydrogen) atoms. The Morgan fingerprint density at radius 3 is 1.35 bits per heavy atom. The second-order valence-corrected chi connectivity index (χ2v) is 17.6. The zero-order valence-electron chi connectivity index (χ0n) is 37.3. The molecule has 4 heterocycles. The molecule has 0 fully saturated rings. The van der Waals surface area contributed by atoms with Gasteiger partial charge in [0.1, 0.15) is 0 Å². The van der Waals surface area contributed by atoms with Crippen molar-refractivity contribution in [2.24, 2.45) is 0 Å². The van der Waals surface area contributed by atoms with Crippen LogP contribution in [-0.4, -0.2) is 28.7 Å². The van der Waals surface area contributed by atoms with Crippen LogP contribution >= 0.6 is 0 Å². The number of hydrogen-bond donors (Lipinski definition) is 0. The highest BCUT2D eigenvalue weighted by Gasteiger charge is 2.25. The minimum Gasteiger partial charge on any atom is -0.309 e. The fourth-order valence-corrected chi connectivity index (χ4v) is 10.7. The van der Waals surface area contributed by atoms with E-state index in [9.17, 15) is 0 Å². The van der Waals surface area contributed by atoms with Gasteiger partial charge in [-0.05, 0) is 70.8 Å². The molecule has 0 saturated carbocycles. The number of para-hydroxylation sites is 4. The number of nitrogens with zero attached hydrogens (tertiary/aromatic N) is 6. The maximum Gasteiger partial charge on any atom is 0.238 e. The molecule has 4 aromatic heterocycles. The molecule has 14 aromatic rings. The van der Waals surface area contributed by atoms with Gasteiger partial charge in [-0.3, -0.25) is 4.57 Å². The average Bonchev–Trinajstić information content (AvgIpc) is 4.08. The number of aromatic nitrogens is 6. The summed E-state index contributed by atoms with van der Waals surface area (Å²) in [5.41, 5.74) is 15.2. The third-order valence-corrected chi connectivity index (χ3v) is 13.7. The summed E-state index contributed by atoms with van der Waals surface area (Å²) in [7, 11) is 0. The van der Waals surface area contributed by atoms with E-state index in [1.165, 1.54) is 22.1 Å². The lowest BCUT2D eigenvalue weighted by Gasteiger charge is -2.14. The highest BCUT2D eigenvalue weighted by molar-refractivity contribution is 6.24. The standard InChI is InChI=1S/C63H40N6/c1-4-19-41(20-5-1)46-25-10-11-26-47(46)42-35-37-45(38-36-42)68-54-31-15-12-27-48(54)50-39-40-51-49-28-13-16-32-55(49)69(60(51)59(50)68)63-65-61(43-21-6-2-7-22-43)64-62(66-63)53-30-18-34-57-58(53)52-29-14-17-33-56(52)67(57)44-23-8-3-9-24-44/h1-40H. The largest absolute Gasteiger partial charge is 0.309 e. The summed E-state index contributed by atoms with van der Waals surface area (Å²) in [6.07, 6.45) is 0. The Morgan fingerprint density at radius 2 is 0.696 bits per heavy atom. The summed E-state index contributed by atoms with van der Waals surface area (Å²) in [6.45, 7) is 0. The van der Waals surface area contributed by atoms with E-state index in [2.05, 4.69) is 238 Å². The molecule has 0 unspecified atom stereocenters. The molecule has 0 spiro atoms. The molecule has 10 aromatic carbocycles. The summed E-state index contributed by atoms with van der Waals surface area (Å²) in [6, 6.07) is 86.2. The van der Waals surface area contributed by atoms with Crippen LogP contribution in [0.2, 0.25) is 0 Å². The predicted molar refractivity (Wildman–Crippen MR) is 285 cm³/mol. The zero-order valence-corrected chi connectivity index (χ0v) is 37.3. The van der Waals surface area contributed by atoms with Gasteiger partial charge in [-0.2, -0.15) is 9.97 Å². The molecule has 6 nitrogen and oxygen atoms in total. The maximum absolute atomic E-state index is 5.57. The van der Waals surface area contributed by atoms with Gasteiger partial charge in [-0.1, -0.05) is 194 Å². The van der Waals surface area contributed by atoms with Gasteiger partial charge in [0.2, 0.25) is 5.95 Å². The molecule has 0 aliphatic rings. The van der Waals surface area contributed by atoms with E-state index in [0.717, 1.165) is 88.1 Å². The Bertz CT molecular complexity index is 4280. The summed E-state index contributed by atoms with van der Waals surface area (Å²) in [5, 5.41) is 6.78. The highest BCUT2D eigenvalue weighted by Crippen LogP contribution is 2.43. The fourth-order valence-electron chi connectivity index (χ4n) is 10.7. The lowest BCUT2D eigenvalue weighted by Crippen LogP contribution is -2.07. The molecular weight excluding hydrogens is 841 g/mol. The van der Waals surface area contributed by atoms with Gasteiger partial charge in [-0.25, -0.2) is 4.98 Å².